The number of benzene rings is 1. The van der Waals surface area contributed by atoms with Gasteiger partial charge in [-0.05, 0) is 24.6 Å². The van der Waals surface area contributed by atoms with Crippen LogP contribution in [0, 0.1) is 0 Å². The van der Waals surface area contributed by atoms with Gasteiger partial charge in [0.05, 0.1) is 5.38 Å². The maximum absolute atomic E-state index is 6.52. The Bertz CT molecular complexity index is 355. The molecule has 3 heteroatoms. The molecule has 2 nitrogen and oxygen atoms in total. The average molecular weight is 267 g/mol. The van der Waals surface area contributed by atoms with Gasteiger partial charge >= 0.3 is 0 Å². The van der Waals surface area contributed by atoms with Crippen LogP contribution in [-0.4, -0.2) is 49.6 Å². The molecule has 0 aromatic heterocycles. The van der Waals surface area contributed by atoms with Crippen molar-refractivity contribution in [3.63, 3.8) is 0 Å². The molecule has 2 rings (SSSR count). The van der Waals surface area contributed by atoms with E-state index < -0.39 is 0 Å². The van der Waals surface area contributed by atoms with Crippen LogP contribution >= 0.6 is 11.6 Å². The summed E-state index contributed by atoms with van der Waals surface area (Å²) in [6.45, 7) is 7.70. The maximum atomic E-state index is 6.52. The van der Waals surface area contributed by atoms with Gasteiger partial charge in [-0.15, -0.1) is 11.6 Å². The molecular formula is C15H23ClN2. The van der Waals surface area contributed by atoms with Crippen molar-refractivity contribution in [3.05, 3.63) is 35.4 Å². The summed E-state index contributed by atoms with van der Waals surface area (Å²) in [6.07, 6.45) is 1.09. The molecule has 0 spiro atoms. The quantitative estimate of drug-likeness (QED) is 0.774. The van der Waals surface area contributed by atoms with Crippen LogP contribution in [0.15, 0.2) is 24.3 Å². The number of hydrogen-bond donors (Lipinski definition) is 0. The number of nitrogens with zero attached hydrogens (tertiary/aromatic N) is 2. The minimum atomic E-state index is 0.110. The molecule has 18 heavy (non-hydrogen) atoms. The lowest BCUT2D eigenvalue weighted by Gasteiger charge is -2.33. The highest BCUT2D eigenvalue weighted by Crippen LogP contribution is 2.22. The number of halogens is 1. The van der Waals surface area contributed by atoms with Crippen molar-refractivity contribution >= 4 is 11.6 Å². The van der Waals surface area contributed by atoms with Crippen molar-refractivity contribution in [3.8, 4) is 0 Å². The molecule has 1 heterocycles. The molecule has 1 aromatic rings. The van der Waals surface area contributed by atoms with Crippen molar-refractivity contribution in [2.75, 3.05) is 39.8 Å². The van der Waals surface area contributed by atoms with Gasteiger partial charge in [-0.1, -0.05) is 31.2 Å². The molecule has 0 bridgehead atoms. The molecule has 100 valence electrons. The second kappa shape index (κ2) is 6.55. The van der Waals surface area contributed by atoms with Gasteiger partial charge in [-0.25, -0.2) is 0 Å². The fourth-order valence-corrected chi connectivity index (χ4v) is 2.67. The number of alkyl halides is 1. The largest absolute Gasteiger partial charge is 0.304 e. The first-order valence-corrected chi connectivity index (χ1v) is 7.26. The molecule has 1 aliphatic rings. The average Bonchev–Trinajstić information content (AvgIpc) is 2.41. The van der Waals surface area contributed by atoms with Gasteiger partial charge < -0.3 is 4.90 Å². The van der Waals surface area contributed by atoms with Gasteiger partial charge in [0.15, 0.2) is 0 Å². The van der Waals surface area contributed by atoms with Gasteiger partial charge in [-0.2, -0.15) is 0 Å². The van der Waals surface area contributed by atoms with Crippen molar-refractivity contribution in [1.29, 1.82) is 0 Å². The molecule has 0 radical (unpaired) electrons. The molecule has 0 saturated carbocycles. The molecule has 1 atom stereocenters. The molecule has 1 aliphatic heterocycles. The molecule has 0 N–H and O–H groups in total. The maximum Gasteiger partial charge on any atom is 0.0712 e. The normalized spacial score (nSPS) is 19.9. The third-order valence-electron chi connectivity index (χ3n) is 3.76. The van der Waals surface area contributed by atoms with Crippen LogP contribution < -0.4 is 0 Å². The summed E-state index contributed by atoms with van der Waals surface area (Å²) in [7, 11) is 2.18. The van der Waals surface area contributed by atoms with Crippen LogP contribution in [-0.2, 0) is 6.42 Å². The third-order valence-corrected chi connectivity index (χ3v) is 4.15. The standard InChI is InChI=1S/C15H23ClN2/c1-3-13-4-6-14(7-5-13)15(16)12-18-10-8-17(2)9-11-18/h4-7,15H,3,8-12H2,1-2H3. The minimum absolute atomic E-state index is 0.110. The summed E-state index contributed by atoms with van der Waals surface area (Å²) in [5, 5.41) is 0.110. The molecule has 1 aromatic carbocycles. The lowest BCUT2D eigenvalue weighted by atomic mass is 10.1. The number of aryl methyl sites for hydroxylation is 1. The third kappa shape index (κ3) is 3.71. The van der Waals surface area contributed by atoms with E-state index in [0.717, 1.165) is 39.1 Å². The molecule has 1 unspecified atom stereocenters. The molecule has 1 fully saturated rings. The van der Waals surface area contributed by atoms with Crippen LogP contribution in [0.4, 0.5) is 0 Å². The summed E-state index contributed by atoms with van der Waals surface area (Å²) in [6, 6.07) is 8.72. The van der Waals surface area contributed by atoms with E-state index in [1.54, 1.807) is 0 Å². The van der Waals surface area contributed by atoms with E-state index in [4.69, 9.17) is 11.6 Å². The zero-order chi connectivity index (χ0) is 13.0. The van der Waals surface area contributed by atoms with Crippen molar-refractivity contribution in [1.82, 2.24) is 9.80 Å². The summed E-state index contributed by atoms with van der Waals surface area (Å²) < 4.78 is 0. The van der Waals surface area contributed by atoms with Gasteiger partial charge in [0, 0.05) is 32.7 Å². The van der Waals surface area contributed by atoms with E-state index in [1.165, 1.54) is 11.1 Å². The van der Waals surface area contributed by atoms with E-state index in [2.05, 4.69) is 48.0 Å². The summed E-state index contributed by atoms with van der Waals surface area (Å²) in [4.78, 5) is 4.83. The lowest BCUT2D eigenvalue weighted by molar-refractivity contribution is 0.154. The first-order valence-electron chi connectivity index (χ1n) is 6.83. The molecule has 1 saturated heterocycles. The fourth-order valence-electron chi connectivity index (χ4n) is 2.32. The summed E-state index contributed by atoms with van der Waals surface area (Å²) in [5.41, 5.74) is 2.62. The molecular weight excluding hydrogens is 244 g/mol. The van der Waals surface area contributed by atoms with Crippen molar-refractivity contribution < 1.29 is 0 Å². The Morgan fingerprint density at radius 2 is 1.72 bits per heavy atom. The molecule has 0 amide bonds. The predicted molar refractivity (Wildman–Crippen MR) is 78.4 cm³/mol. The second-order valence-corrected chi connectivity index (χ2v) is 5.69. The zero-order valence-corrected chi connectivity index (χ0v) is 12.2. The predicted octanol–water partition coefficient (Wildman–Crippen LogP) is 2.78. The van der Waals surface area contributed by atoms with Gasteiger partial charge in [0.1, 0.15) is 0 Å². The van der Waals surface area contributed by atoms with Crippen LogP contribution in [0.5, 0.6) is 0 Å². The van der Waals surface area contributed by atoms with Crippen LogP contribution in [0.25, 0.3) is 0 Å². The van der Waals surface area contributed by atoms with Crippen LogP contribution in [0.3, 0.4) is 0 Å². The lowest BCUT2D eigenvalue weighted by Crippen LogP contribution is -2.45. The highest BCUT2D eigenvalue weighted by atomic mass is 35.5. The van der Waals surface area contributed by atoms with Crippen LogP contribution in [0.2, 0.25) is 0 Å². The van der Waals surface area contributed by atoms with Crippen molar-refractivity contribution in [2.24, 2.45) is 0 Å². The highest BCUT2D eigenvalue weighted by Gasteiger charge is 2.17. The Balaban J connectivity index is 1.88. The van der Waals surface area contributed by atoms with Gasteiger partial charge in [0.2, 0.25) is 0 Å². The minimum Gasteiger partial charge on any atom is -0.304 e. The first-order chi connectivity index (χ1) is 8.69. The first kappa shape index (κ1) is 13.9. The van der Waals surface area contributed by atoms with E-state index in [0.29, 0.717) is 0 Å². The van der Waals surface area contributed by atoms with Gasteiger partial charge in [-0.3, -0.25) is 4.90 Å². The van der Waals surface area contributed by atoms with E-state index in [-0.39, 0.29) is 5.38 Å². The Hall–Kier alpha value is -0.570. The Morgan fingerprint density at radius 3 is 2.28 bits per heavy atom. The fraction of sp³-hybridized carbons (Fsp3) is 0.600. The Kier molecular flexibility index (Phi) is 5.04. The van der Waals surface area contributed by atoms with E-state index in [1.807, 2.05) is 0 Å². The highest BCUT2D eigenvalue weighted by molar-refractivity contribution is 6.21. The number of rotatable bonds is 4. The SMILES string of the molecule is CCc1ccc(C(Cl)CN2CCN(C)CC2)cc1. The van der Waals surface area contributed by atoms with Crippen LogP contribution in [0.1, 0.15) is 23.4 Å². The Morgan fingerprint density at radius 1 is 1.11 bits per heavy atom. The number of hydrogen-bond acceptors (Lipinski definition) is 2. The monoisotopic (exact) mass is 266 g/mol. The summed E-state index contributed by atoms with van der Waals surface area (Å²) in [5.74, 6) is 0. The summed E-state index contributed by atoms with van der Waals surface area (Å²) >= 11 is 6.52. The van der Waals surface area contributed by atoms with E-state index in [9.17, 15) is 0 Å². The number of piperazine rings is 1. The topological polar surface area (TPSA) is 6.48 Å². The smallest absolute Gasteiger partial charge is 0.0712 e. The Labute approximate surface area is 116 Å². The van der Waals surface area contributed by atoms with Gasteiger partial charge in [0.25, 0.3) is 0 Å². The molecule has 0 aliphatic carbocycles. The van der Waals surface area contributed by atoms with E-state index >= 15 is 0 Å². The zero-order valence-electron chi connectivity index (χ0n) is 11.4. The number of likely N-dealkylation sites (N-methyl/N-ethyl adjacent to an activating group) is 1. The van der Waals surface area contributed by atoms with Crippen molar-refractivity contribution in [2.45, 2.75) is 18.7 Å². The second-order valence-electron chi connectivity index (χ2n) is 5.17.